The van der Waals surface area contributed by atoms with Crippen LogP contribution in [-0.2, 0) is 22.6 Å². The minimum atomic E-state index is -0.490. The highest BCUT2D eigenvalue weighted by molar-refractivity contribution is 5.93. The van der Waals surface area contributed by atoms with Crippen molar-refractivity contribution in [1.82, 2.24) is 30.1 Å². The standard InChI is InChI=1S/C32H34N6O6/c1-19-12-20(2)38-29(34-19)14-24(36-38)32(41)37-16-25-28(17-37)44-23-8-4-22(5-9-23)15-33-31(40)18-43-27-13-21(6-10-26(27)42-3)7-11-30(39)35-25/h4-6,8-10,12-14,25,28H,7,11,15-18H2,1-3H3,(H,33,40)(H,35,39)/t25-,28-/m0/s1. The maximum Gasteiger partial charge on any atom is 0.274 e. The van der Waals surface area contributed by atoms with Gasteiger partial charge in [0.25, 0.3) is 11.8 Å². The van der Waals surface area contributed by atoms with Crippen LogP contribution in [0.25, 0.3) is 5.65 Å². The van der Waals surface area contributed by atoms with E-state index in [9.17, 15) is 14.4 Å². The minimum Gasteiger partial charge on any atom is -0.493 e. The van der Waals surface area contributed by atoms with Crippen LogP contribution in [0.15, 0.2) is 54.6 Å². The topological polar surface area (TPSA) is 136 Å². The van der Waals surface area contributed by atoms with Crippen LogP contribution in [0, 0.1) is 13.8 Å². The number of fused-ring (bicyclic) bond motifs is 10. The molecule has 7 rings (SSSR count). The first-order valence-electron chi connectivity index (χ1n) is 14.5. The van der Waals surface area contributed by atoms with Gasteiger partial charge in [0.2, 0.25) is 5.91 Å². The number of likely N-dealkylation sites (tertiary alicyclic amines) is 1. The molecule has 5 heterocycles. The lowest BCUT2D eigenvalue weighted by Gasteiger charge is -2.21. The molecular formula is C32H34N6O6. The van der Waals surface area contributed by atoms with Crippen LogP contribution in [0.3, 0.4) is 0 Å². The van der Waals surface area contributed by atoms with Crippen molar-refractivity contribution in [1.29, 1.82) is 0 Å². The Kier molecular flexibility index (Phi) is 8.05. The minimum absolute atomic E-state index is 0.174. The molecule has 0 radical (unpaired) electrons. The number of aromatic nitrogens is 3. The molecule has 0 saturated carbocycles. The Hall–Kier alpha value is -5.13. The van der Waals surface area contributed by atoms with Gasteiger partial charge in [-0.3, -0.25) is 14.4 Å². The number of aryl methyl sites for hydroxylation is 3. The third-order valence-corrected chi connectivity index (χ3v) is 7.78. The lowest BCUT2D eigenvalue weighted by Crippen LogP contribution is -2.45. The van der Waals surface area contributed by atoms with Gasteiger partial charge in [0.15, 0.2) is 29.4 Å². The fraction of sp³-hybridized carbons (Fsp3) is 0.344. The third-order valence-electron chi connectivity index (χ3n) is 7.78. The Balaban J connectivity index is 1.24. The highest BCUT2D eigenvalue weighted by atomic mass is 16.5. The average molecular weight is 599 g/mol. The molecule has 4 bridgehead atoms. The molecule has 3 aliphatic heterocycles. The van der Waals surface area contributed by atoms with Crippen molar-refractivity contribution in [3.8, 4) is 17.2 Å². The molecule has 228 valence electrons. The van der Waals surface area contributed by atoms with Gasteiger partial charge in [-0.2, -0.15) is 5.10 Å². The number of rotatable bonds is 2. The molecular weight excluding hydrogens is 564 g/mol. The fourth-order valence-electron chi connectivity index (χ4n) is 5.53. The average Bonchev–Trinajstić information content (AvgIpc) is 3.62. The van der Waals surface area contributed by atoms with Crippen molar-refractivity contribution in [3.63, 3.8) is 0 Å². The molecule has 44 heavy (non-hydrogen) atoms. The summed E-state index contributed by atoms with van der Waals surface area (Å²) in [5.41, 5.74) is 4.34. The van der Waals surface area contributed by atoms with Crippen LogP contribution < -0.4 is 24.8 Å². The molecule has 12 nitrogen and oxygen atoms in total. The zero-order chi connectivity index (χ0) is 30.8. The first kappa shape index (κ1) is 29.0. The van der Waals surface area contributed by atoms with Gasteiger partial charge in [0.1, 0.15) is 11.9 Å². The normalized spacial score (nSPS) is 19.1. The first-order chi connectivity index (χ1) is 21.2. The van der Waals surface area contributed by atoms with Gasteiger partial charge in [-0.05, 0) is 61.7 Å². The Morgan fingerprint density at radius 2 is 1.77 bits per heavy atom. The van der Waals surface area contributed by atoms with Gasteiger partial charge in [0.05, 0.1) is 19.7 Å². The molecule has 0 unspecified atom stereocenters. The molecule has 4 aromatic rings. The molecule has 1 fully saturated rings. The van der Waals surface area contributed by atoms with E-state index in [2.05, 4.69) is 20.7 Å². The van der Waals surface area contributed by atoms with Crippen LogP contribution in [0.2, 0.25) is 0 Å². The van der Waals surface area contributed by atoms with Crippen molar-refractivity contribution in [2.45, 2.75) is 45.4 Å². The molecule has 2 aromatic carbocycles. The van der Waals surface area contributed by atoms with Crippen LogP contribution in [-0.4, -0.2) is 76.2 Å². The summed E-state index contributed by atoms with van der Waals surface area (Å²) in [5, 5.41) is 10.5. The van der Waals surface area contributed by atoms with Crippen LogP contribution in [0.5, 0.6) is 17.2 Å². The Morgan fingerprint density at radius 1 is 0.977 bits per heavy atom. The Morgan fingerprint density at radius 3 is 2.57 bits per heavy atom. The summed E-state index contributed by atoms with van der Waals surface area (Å²) in [7, 11) is 1.53. The van der Waals surface area contributed by atoms with Crippen molar-refractivity contribution in [2.24, 2.45) is 0 Å². The molecule has 12 heteroatoms. The zero-order valence-corrected chi connectivity index (χ0v) is 24.8. The predicted octanol–water partition coefficient (Wildman–Crippen LogP) is 2.38. The lowest BCUT2D eigenvalue weighted by atomic mass is 10.1. The van der Waals surface area contributed by atoms with E-state index in [1.807, 2.05) is 50.2 Å². The van der Waals surface area contributed by atoms with E-state index in [1.54, 1.807) is 27.6 Å². The summed E-state index contributed by atoms with van der Waals surface area (Å²) in [6.45, 7) is 4.48. The van der Waals surface area contributed by atoms with Crippen molar-refractivity contribution >= 4 is 23.4 Å². The zero-order valence-electron chi connectivity index (χ0n) is 24.8. The second kappa shape index (κ2) is 12.2. The summed E-state index contributed by atoms with van der Waals surface area (Å²) in [6.07, 6.45) is 0.151. The molecule has 2 atom stereocenters. The summed E-state index contributed by atoms with van der Waals surface area (Å²) in [4.78, 5) is 45.4. The van der Waals surface area contributed by atoms with Crippen LogP contribution >= 0.6 is 0 Å². The monoisotopic (exact) mass is 598 g/mol. The maximum atomic E-state index is 13.6. The number of nitrogens with zero attached hydrogens (tertiary/aromatic N) is 4. The van der Waals surface area contributed by atoms with Gasteiger partial charge < -0.3 is 29.7 Å². The fourth-order valence-corrected chi connectivity index (χ4v) is 5.53. The summed E-state index contributed by atoms with van der Waals surface area (Å²) in [5.74, 6) is 0.797. The highest BCUT2D eigenvalue weighted by Gasteiger charge is 2.39. The third kappa shape index (κ3) is 6.29. The second-order valence-corrected chi connectivity index (χ2v) is 11.1. The molecule has 1 saturated heterocycles. The molecule has 3 amide bonds. The number of amides is 3. The number of hydrogen-bond acceptors (Lipinski definition) is 8. The summed E-state index contributed by atoms with van der Waals surface area (Å²) >= 11 is 0. The van der Waals surface area contributed by atoms with Crippen LogP contribution in [0.1, 0.15) is 39.4 Å². The number of hydrogen-bond donors (Lipinski definition) is 2. The van der Waals surface area contributed by atoms with E-state index < -0.39 is 12.1 Å². The number of carbonyl (C=O) groups is 3. The second-order valence-electron chi connectivity index (χ2n) is 11.1. The van der Waals surface area contributed by atoms with Crippen molar-refractivity contribution in [3.05, 3.63) is 82.8 Å². The predicted molar refractivity (Wildman–Crippen MR) is 160 cm³/mol. The Labute approximate surface area is 254 Å². The number of ether oxygens (including phenoxy) is 3. The number of methoxy groups -OCH3 is 1. The maximum absolute atomic E-state index is 13.6. The van der Waals surface area contributed by atoms with E-state index in [1.165, 1.54) is 7.11 Å². The molecule has 0 spiro atoms. The van der Waals surface area contributed by atoms with Gasteiger partial charge in [-0.25, -0.2) is 9.50 Å². The highest BCUT2D eigenvalue weighted by Crippen LogP contribution is 2.29. The smallest absolute Gasteiger partial charge is 0.274 e. The largest absolute Gasteiger partial charge is 0.493 e. The summed E-state index contributed by atoms with van der Waals surface area (Å²) < 4.78 is 19.1. The van der Waals surface area contributed by atoms with Gasteiger partial charge >= 0.3 is 0 Å². The van der Waals surface area contributed by atoms with E-state index in [0.29, 0.717) is 35.9 Å². The SMILES string of the molecule is COc1ccc2cc1OCC(=O)NCc1ccc(cc1)O[C@H]1CN(C(=O)c3cc4nc(C)cc(C)n4n3)C[C@@H]1NC(=O)CC2. The first-order valence-corrected chi connectivity index (χ1v) is 14.5. The van der Waals surface area contributed by atoms with Crippen molar-refractivity contribution < 1.29 is 28.6 Å². The quantitative estimate of drug-likeness (QED) is 0.359. The van der Waals surface area contributed by atoms with E-state index in [-0.39, 0.29) is 49.5 Å². The molecule has 3 aliphatic rings. The molecule has 0 aliphatic carbocycles. The number of benzene rings is 2. The molecule has 2 N–H and O–H groups in total. The Bertz CT molecular complexity index is 1720. The van der Waals surface area contributed by atoms with Gasteiger partial charge in [0, 0.05) is 37.0 Å². The van der Waals surface area contributed by atoms with Crippen LogP contribution in [0.4, 0.5) is 0 Å². The number of nitrogens with one attached hydrogen (secondary N) is 2. The molecule has 2 aromatic heterocycles. The number of carbonyl (C=O) groups excluding carboxylic acids is 3. The lowest BCUT2D eigenvalue weighted by molar-refractivity contribution is -0.123. The van der Waals surface area contributed by atoms with E-state index in [4.69, 9.17) is 14.2 Å². The van der Waals surface area contributed by atoms with Gasteiger partial charge in [-0.15, -0.1) is 0 Å². The van der Waals surface area contributed by atoms with E-state index >= 15 is 0 Å². The summed E-state index contributed by atoms with van der Waals surface area (Å²) in [6, 6.07) is 15.9. The van der Waals surface area contributed by atoms with Crippen molar-refractivity contribution in [2.75, 3.05) is 26.8 Å². The van der Waals surface area contributed by atoms with Gasteiger partial charge in [-0.1, -0.05) is 18.2 Å². The van der Waals surface area contributed by atoms with E-state index in [0.717, 1.165) is 22.5 Å².